The number of hydrogen-bond donors (Lipinski definition) is 2. The number of pyridine rings is 1. The van der Waals surface area contributed by atoms with Crippen molar-refractivity contribution in [2.45, 2.75) is 58.5 Å². The summed E-state index contributed by atoms with van der Waals surface area (Å²) in [4.78, 5) is 19.1. The summed E-state index contributed by atoms with van der Waals surface area (Å²) in [6, 6.07) is 9.72. The molecule has 0 saturated carbocycles. The fourth-order valence-corrected chi connectivity index (χ4v) is 3.64. The smallest absolute Gasteiger partial charge is 0.317 e. The normalized spacial score (nSPS) is 17.0. The van der Waals surface area contributed by atoms with Crippen molar-refractivity contribution >= 4 is 6.03 Å². The van der Waals surface area contributed by atoms with Crippen LogP contribution in [0.2, 0.25) is 0 Å². The minimum absolute atomic E-state index is 0.0173. The highest BCUT2D eigenvalue weighted by Gasteiger charge is 2.26. The third kappa shape index (κ3) is 5.22. The Morgan fingerprint density at radius 3 is 2.74 bits per heavy atom. The first-order valence-electron chi connectivity index (χ1n) is 9.77. The summed E-state index contributed by atoms with van der Waals surface area (Å²) in [6.45, 7) is 5.35. The Morgan fingerprint density at radius 2 is 2.00 bits per heavy atom. The van der Waals surface area contributed by atoms with Crippen molar-refractivity contribution in [2.24, 2.45) is 0 Å². The summed E-state index contributed by atoms with van der Waals surface area (Å²) in [5.74, 6) is 0.290. The molecule has 1 aliphatic heterocycles. The molecule has 144 valence electrons. The second-order valence-corrected chi connectivity index (χ2v) is 7.45. The lowest BCUT2D eigenvalue weighted by Crippen LogP contribution is -2.48. The van der Waals surface area contributed by atoms with Crippen LogP contribution in [0.1, 0.15) is 48.1 Å². The lowest BCUT2D eigenvalue weighted by atomic mass is 9.96. The number of carbonyl (C=O) groups is 1. The average Bonchev–Trinajstić information content (AvgIpc) is 2.68. The molecule has 0 radical (unpaired) electrons. The van der Waals surface area contributed by atoms with Gasteiger partial charge >= 0.3 is 6.03 Å². The van der Waals surface area contributed by atoms with E-state index in [1.807, 2.05) is 37.1 Å². The summed E-state index contributed by atoms with van der Waals surface area (Å²) in [6.07, 6.45) is 6.98. The van der Waals surface area contributed by atoms with Crippen LogP contribution < -0.4 is 5.32 Å². The maximum absolute atomic E-state index is 12.8. The van der Waals surface area contributed by atoms with Gasteiger partial charge in [-0.3, -0.25) is 4.98 Å². The zero-order valence-electron chi connectivity index (χ0n) is 16.2. The topological polar surface area (TPSA) is 65.5 Å². The number of aryl methyl sites for hydroxylation is 3. The van der Waals surface area contributed by atoms with E-state index in [4.69, 9.17) is 0 Å². The number of aromatic nitrogens is 1. The molecule has 0 bridgehead atoms. The first kappa shape index (κ1) is 19.2. The van der Waals surface area contributed by atoms with E-state index >= 15 is 0 Å². The third-order valence-electron chi connectivity index (χ3n) is 5.43. The Labute approximate surface area is 161 Å². The van der Waals surface area contributed by atoms with Crippen LogP contribution in [0.15, 0.2) is 36.5 Å². The molecular formula is C22H29N3O2. The minimum atomic E-state index is 0.0173. The second kappa shape index (κ2) is 8.89. The van der Waals surface area contributed by atoms with Crippen LogP contribution in [0.3, 0.4) is 0 Å². The summed E-state index contributed by atoms with van der Waals surface area (Å²) in [5, 5.41) is 12.5. The summed E-state index contributed by atoms with van der Waals surface area (Å²) in [5.41, 5.74) is 4.39. The molecule has 2 aromatic rings. The van der Waals surface area contributed by atoms with E-state index < -0.39 is 0 Å². The molecule has 1 aromatic carbocycles. The first-order chi connectivity index (χ1) is 13.0. The van der Waals surface area contributed by atoms with Crippen molar-refractivity contribution in [3.63, 3.8) is 0 Å². The molecule has 1 atom stereocenters. The quantitative estimate of drug-likeness (QED) is 0.836. The van der Waals surface area contributed by atoms with Crippen LogP contribution in [0.25, 0.3) is 0 Å². The zero-order valence-corrected chi connectivity index (χ0v) is 16.2. The zero-order chi connectivity index (χ0) is 19.2. The van der Waals surface area contributed by atoms with Crippen LogP contribution in [-0.4, -0.2) is 33.6 Å². The SMILES string of the molecule is Cc1cc(CNC(=O)N2CCCCC2CCc2ccc(O)cc2)cnc1C. The van der Waals surface area contributed by atoms with Gasteiger partial charge in [0.05, 0.1) is 0 Å². The van der Waals surface area contributed by atoms with Crippen LogP contribution in [-0.2, 0) is 13.0 Å². The summed E-state index contributed by atoms with van der Waals surface area (Å²) < 4.78 is 0. The van der Waals surface area contributed by atoms with Crippen molar-refractivity contribution < 1.29 is 9.90 Å². The number of hydrogen-bond acceptors (Lipinski definition) is 3. The molecule has 2 heterocycles. The molecule has 0 spiro atoms. The predicted octanol–water partition coefficient (Wildman–Crippen LogP) is 4.10. The Hall–Kier alpha value is -2.56. The van der Waals surface area contributed by atoms with Crippen LogP contribution >= 0.6 is 0 Å². The Balaban J connectivity index is 1.55. The number of rotatable bonds is 5. The molecule has 0 aliphatic carbocycles. The van der Waals surface area contributed by atoms with Gasteiger partial charge < -0.3 is 15.3 Å². The molecule has 1 fully saturated rings. The van der Waals surface area contributed by atoms with Gasteiger partial charge in [-0.25, -0.2) is 4.79 Å². The van der Waals surface area contributed by atoms with Gasteiger partial charge in [0.25, 0.3) is 0 Å². The van der Waals surface area contributed by atoms with E-state index in [1.165, 1.54) is 12.0 Å². The Morgan fingerprint density at radius 1 is 1.22 bits per heavy atom. The van der Waals surface area contributed by atoms with E-state index in [9.17, 15) is 9.90 Å². The van der Waals surface area contributed by atoms with Crippen LogP contribution in [0, 0.1) is 13.8 Å². The molecule has 3 rings (SSSR count). The minimum Gasteiger partial charge on any atom is -0.508 e. The van der Waals surface area contributed by atoms with Crippen molar-refractivity contribution in [1.82, 2.24) is 15.2 Å². The highest BCUT2D eigenvalue weighted by molar-refractivity contribution is 5.74. The van der Waals surface area contributed by atoms with Crippen LogP contribution in [0.5, 0.6) is 5.75 Å². The molecule has 1 saturated heterocycles. The third-order valence-corrected chi connectivity index (χ3v) is 5.43. The van der Waals surface area contributed by atoms with Gasteiger partial charge in [0.15, 0.2) is 0 Å². The highest BCUT2D eigenvalue weighted by Crippen LogP contribution is 2.22. The maximum Gasteiger partial charge on any atom is 0.317 e. The fraction of sp³-hybridized carbons (Fsp3) is 0.455. The monoisotopic (exact) mass is 367 g/mol. The number of phenols is 1. The lowest BCUT2D eigenvalue weighted by Gasteiger charge is -2.36. The van der Waals surface area contributed by atoms with Gasteiger partial charge in [-0.15, -0.1) is 0 Å². The Bertz CT molecular complexity index is 774. The highest BCUT2D eigenvalue weighted by atomic mass is 16.3. The number of benzene rings is 1. The number of aromatic hydroxyl groups is 1. The molecule has 5 nitrogen and oxygen atoms in total. The standard InChI is InChI=1S/C22H29N3O2/c1-16-13-19(14-23-17(16)2)15-24-22(27)25-12-4-3-5-20(25)9-6-18-7-10-21(26)11-8-18/h7-8,10-11,13-14,20,26H,3-6,9,12,15H2,1-2H3,(H,24,27). The maximum atomic E-state index is 12.8. The number of nitrogens with zero attached hydrogens (tertiary/aromatic N) is 2. The van der Waals surface area contributed by atoms with E-state index in [0.29, 0.717) is 12.3 Å². The molecule has 5 heteroatoms. The number of likely N-dealkylation sites (tertiary alicyclic amines) is 1. The van der Waals surface area contributed by atoms with Gasteiger partial charge in [0.1, 0.15) is 5.75 Å². The summed E-state index contributed by atoms with van der Waals surface area (Å²) in [7, 11) is 0. The van der Waals surface area contributed by atoms with Crippen molar-refractivity contribution in [3.05, 3.63) is 58.9 Å². The van der Waals surface area contributed by atoms with Gasteiger partial charge in [-0.1, -0.05) is 18.2 Å². The number of urea groups is 1. The predicted molar refractivity (Wildman–Crippen MR) is 107 cm³/mol. The van der Waals surface area contributed by atoms with Crippen molar-refractivity contribution in [3.8, 4) is 5.75 Å². The number of amides is 2. The average molecular weight is 367 g/mol. The number of carbonyl (C=O) groups excluding carboxylic acids is 1. The Kier molecular flexibility index (Phi) is 6.32. The lowest BCUT2D eigenvalue weighted by molar-refractivity contribution is 0.146. The van der Waals surface area contributed by atoms with Gasteiger partial charge in [0, 0.05) is 31.0 Å². The molecule has 27 heavy (non-hydrogen) atoms. The molecule has 1 aliphatic rings. The van der Waals surface area contributed by atoms with Crippen molar-refractivity contribution in [1.29, 1.82) is 0 Å². The number of piperidine rings is 1. The van der Waals surface area contributed by atoms with Crippen LogP contribution in [0.4, 0.5) is 4.79 Å². The van der Waals surface area contributed by atoms with Gasteiger partial charge in [-0.05, 0) is 74.8 Å². The second-order valence-electron chi connectivity index (χ2n) is 7.45. The number of nitrogens with one attached hydrogen (secondary N) is 1. The van der Waals surface area contributed by atoms with E-state index in [2.05, 4.69) is 16.4 Å². The molecular weight excluding hydrogens is 338 g/mol. The molecule has 2 amide bonds. The van der Waals surface area contributed by atoms with Gasteiger partial charge in [0.2, 0.25) is 0 Å². The van der Waals surface area contributed by atoms with E-state index in [-0.39, 0.29) is 12.1 Å². The molecule has 1 aromatic heterocycles. The van der Waals surface area contributed by atoms with E-state index in [0.717, 1.165) is 49.0 Å². The first-order valence-corrected chi connectivity index (χ1v) is 9.77. The summed E-state index contributed by atoms with van der Waals surface area (Å²) >= 11 is 0. The largest absolute Gasteiger partial charge is 0.508 e. The molecule has 1 unspecified atom stereocenters. The molecule has 2 N–H and O–H groups in total. The van der Waals surface area contributed by atoms with E-state index in [1.54, 1.807) is 12.1 Å². The number of phenolic OH excluding ortho intramolecular Hbond substituents is 1. The van der Waals surface area contributed by atoms with Gasteiger partial charge in [-0.2, -0.15) is 0 Å². The van der Waals surface area contributed by atoms with Crippen molar-refractivity contribution in [2.75, 3.05) is 6.54 Å². The fourth-order valence-electron chi connectivity index (χ4n) is 3.64.